The Bertz CT molecular complexity index is 4750. The number of piperidine rings is 4. The van der Waals surface area contributed by atoms with Gasteiger partial charge in [-0.1, -0.05) is 112 Å². The number of ketones is 2. The largest absolute Gasteiger partial charge is 0.534 e. The van der Waals surface area contributed by atoms with Crippen LogP contribution >= 0.6 is 0 Å². The molecule has 0 radical (unpaired) electrons. The zero-order chi connectivity index (χ0) is 112. The molecule has 144 heavy (non-hydrogen) atoms. The van der Waals surface area contributed by atoms with Crippen molar-refractivity contribution in [3.8, 4) is 17.2 Å². The van der Waals surface area contributed by atoms with Gasteiger partial charge in [-0.05, 0) is 252 Å². The van der Waals surface area contributed by atoms with Crippen molar-refractivity contribution in [3.63, 3.8) is 0 Å². The van der Waals surface area contributed by atoms with Crippen LogP contribution in [0.4, 0.5) is 41.9 Å². The van der Waals surface area contributed by atoms with Gasteiger partial charge in [-0.3, -0.25) is 9.59 Å². The SMILES string of the molecule is CCC1(C)CN(C(=O)OC(C)(C)C)CC=C1OS(=O)(=O)C(F)(F)F.CCC1(C)CN(C(=O)OC(C)(C)C)CC=C1c1ccc(OC)cc1.CCC1(C)CN(C(=O)OC(C)(C)C)CCC1=O.CCC1CN(C(=O)OC(C)(C)C)CCC1=O.CC[C@@]1(C)CN(C(=O)OC(C)(C)C)CC[C@H]1c1ccc(OC)cc1.COc1ccc([C@@H]2CCN(C(=O)OC(C)(C)C)C[C@]2(C)CO)cc1.O=C=O.O=C=O.O=C=O.O=C=O.O=C=O. The predicted octanol–water partition coefficient (Wildman–Crippen LogP) is 18.3. The summed E-state index contributed by atoms with van der Waals surface area (Å²) >= 11 is 0. The van der Waals surface area contributed by atoms with Crippen molar-refractivity contribution in [3.05, 3.63) is 107 Å². The number of rotatable bonds is 14. The number of aliphatic hydroxyl groups is 1. The van der Waals surface area contributed by atoms with E-state index in [1.54, 1.807) is 68.6 Å². The van der Waals surface area contributed by atoms with Crippen LogP contribution in [-0.4, -0.2) is 267 Å². The molecule has 6 amide bonds. The van der Waals surface area contributed by atoms with E-state index in [1.165, 1.54) is 34.6 Å². The molecule has 6 heterocycles. The molecule has 8 atom stereocenters. The average molecular weight is 2060 g/mol. The van der Waals surface area contributed by atoms with Crippen molar-refractivity contribution < 1.29 is 160 Å². The molecule has 41 heteroatoms. The summed E-state index contributed by atoms with van der Waals surface area (Å²) in [6.07, 6.45) is 8.98. The minimum Gasteiger partial charge on any atom is -0.497 e. The summed E-state index contributed by atoms with van der Waals surface area (Å²) in [5, 5.41) is 10.0. The standard InChI is InChI=1S/C20H31NO3.C20H29NO3.C19H29NO4.C14H22F3NO5S.C13H23NO3.C12H21NO3.5CO2/c2*1-7-20(5)14-21(18(22)24-19(2,3)4)13-12-17(20)15-8-10-16(23-6)11-9-15;1-18(2,3)24-17(22)20-11-10-16(19(4,12-20)13-21)14-6-8-15(23-5)9-7-14;1-6-13(5)9-18(11(19)22-12(2,3)4)8-7-10(13)23-24(20,21)14(15,16)17;1-6-13(5)9-14(8-7-10(13)15)11(16)17-12(2,3)4;1-5-9-8-13(7-6-10(9)14)11(15)16-12(2,3)4;5*2-1-3/h8-11,17H,7,12-14H2,1-6H3;8-12H,7,13-14H2,1-6H3;6-9,16,21H,10-13H2,1-5H3;7H,6,8-9H2,1-5H3;6-9H2,1-5H3;9H,5-8H2,1-4H3;;;;;/t17-,20-;;16-,19+;;;;;;;;/m0.0......../s1. The number of alkyl halides is 3. The highest BCUT2D eigenvalue weighted by Gasteiger charge is 2.52. The van der Waals surface area contributed by atoms with E-state index in [-0.39, 0.29) is 127 Å². The van der Waals surface area contributed by atoms with Gasteiger partial charge in [0.2, 0.25) is 0 Å². The van der Waals surface area contributed by atoms with Gasteiger partial charge in [-0.25, -0.2) is 28.8 Å². The first-order valence-corrected chi connectivity index (χ1v) is 48.5. The Labute approximate surface area is 846 Å². The molecule has 4 fully saturated rings. The van der Waals surface area contributed by atoms with Crippen LogP contribution in [0, 0.1) is 33.0 Å². The molecule has 0 aromatic heterocycles. The lowest BCUT2D eigenvalue weighted by Gasteiger charge is -2.46. The van der Waals surface area contributed by atoms with Gasteiger partial charge in [0.15, 0.2) is 0 Å². The van der Waals surface area contributed by atoms with Gasteiger partial charge in [0.05, 0.1) is 27.9 Å². The number of nitrogens with zero attached hydrogens (tertiary/aromatic N) is 6. The summed E-state index contributed by atoms with van der Waals surface area (Å²) in [7, 11) is -0.748. The van der Waals surface area contributed by atoms with E-state index in [1.807, 2.05) is 185 Å². The summed E-state index contributed by atoms with van der Waals surface area (Å²) in [6.45, 7) is 58.7. The number of amides is 6. The van der Waals surface area contributed by atoms with Crippen LogP contribution in [0.3, 0.4) is 0 Å². The van der Waals surface area contributed by atoms with E-state index in [9.17, 15) is 65.1 Å². The number of carbonyl (C=O) groups excluding carboxylic acids is 18. The molecule has 4 unspecified atom stereocenters. The molecule has 1 N–H and O–H groups in total. The highest BCUT2D eigenvalue weighted by atomic mass is 32.2. The van der Waals surface area contributed by atoms with Crippen molar-refractivity contribution >= 4 is 94.6 Å². The number of benzene rings is 3. The quantitative estimate of drug-likeness (QED) is 0.0889. The zero-order valence-corrected chi connectivity index (χ0v) is 90.6. The van der Waals surface area contributed by atoms with Crippen LogP contribution < -0.4 is 14.2 Å². The van der Waals surface area contributed by atoms with Gasteiger partial charge < -0.3 is 81.3 Å². The van der Waals surface area contributed by atoms with Crippen LogP contribution in [0.5, 0.6) is 17.2 Å². The van der Waals surface area contributed by atoms with Gasteiger partial charge in [-0.15, -0.1) is 0 Å². The molecule has 3 aromatic rings. The maximum absolute atomic E-state index is 12.5. The number of ether oxygens (including phenoxy) is 9. The van der Waals surface area contributed by atoms with Crippen LogP contribution in [0.15, 0.2) is 90.7 Å². The van der Waals surface area contributed by atoms with Crippen molar-refractivity contribution in [2.24, 2.45) is 33.0 Å². The fourth-order valence-electron chi connectivity index (χ4n) is 15.6. The van der Waals surface area contributed by atoms with Crippen molar-refractivity contribution in [1.29, 1.82) is 0 Å². The van der Waals surface area contributed by atoms with E-state index in [4.69, 9.17) is 90.6 Å². The highest BCUT2D eigenvalue weighted by Crippen LogP contribution is 2.48. The molecular formula is C103H155F3N6O31S. The molecule has 0 bridgehead atoms. The third kappa shape index (κ3) is 47.2. The van der Waals surface area contributed by atoms with Crippen LogP contribution in [0.1, 0.15) is 280 Å². The lowest BCUT2D eigenvalue weighted by atomic mass is 9.67. The number of likely N-dealkylation sites (tertiary alicyclic amines) is 4. The number of methoxy groups -OCH3 is 3. The number of halogens is 3. The first-order chi connectivity index (χ1) is 66.2. The summed E-state index contributed by atoms with van der Waals surface area (Å²) in [5.41, 5.74) is -5.60. The number of carbonyl (C=O) groups is 8. The Balaban J connectivity index is 0. The summed E-state index contributed by atoms with van der Waals surface area (Å²) in [5.74, 6) is 3.35. The third-order valence-corrected chi connectivity index (χ3v) is 24.6. The van der Waals surface area contributed by atoms with Gasteiger partial charge in [0, 0.05) is 119 Å². The second kappa shape index (κ2) is 60.0. The Morgan fingerprint density at radius 1 is 0.396 bits per heavy atom. The molecule has 0 aliphatic carbocycles. The molecule has 6 aliphatic rings. The van der Waals surface area contributed by atoms with Crippen LogP contribution in [0.2, 0.25) is 0 Å². The Morgan fingerprint density at radius 2 is 0.688 bits per heavy atom. The van der Waals surface area contributed by atoms with Gasteiger partial charge in [0.25, 0.3) is 0 Å². The molecular weight excluding hydrogens is 1910 g/mol. The first kappa shape index (κ1) is 134. The number of Topliss-reactive ketones (excluding diaryl/α,β-unsaturated/α-hetero) is 2. The van der Waals surface area contributed by atoms with Crippen LogP contribution in [0.25, 0.3) is 5.57 Å². The Morgan fingerprint density at radius 3 is 1.00 bits per heavy atom. The maximum Gasteiger partial charge on any atom is 0.534 e. The van der Waals surface area contributed by atoms with E-state index in [0.29, 0.717) is 71.1 Å². The minimum absolute atomic E-state index is 0.0127. The minimum atomic E-state index is -5.75. The second-order valence-corrected chi connectivity index (χ2v) is 43.5. The Hall–Kier alpha value is -12.1. The van der Waals surface area contributed by atoms with Crippen molar-refractivity contribution in [1.82, 2.24) is 29.4 Å². The van der Waals surface area contributed by atoms with Crippen molar-refractivity contribution in [2.45, 2.75) is 303 Å². The smallest absolute Gasteiger partial charge is 0.497 e. The monoisotopic (exact) mass is 2060 g/mol. The normalized spacial score (nSPS) is 21.3. The van der Waals surface area contributed by atoms with E-state index < -0.39 is 71.6 Å². The number of aliphatic hydroxyl groups excluding tert-OH is 1. The first-order valence-electron chi connectivity index (χ1n) is 47.1. The topological polar surface area (TPSA) is 473 Å². The number of hydrogen-bond acceptors (Lipinski definition) is 31. The van der Waals surface area contributed by atoms with E-state index >= 15 is 0 Å². The van der Waals surface area contributed by atoms with Crippen LogP contribution in [-0.2, 0) is 100 Å². The van der Waals surface area contributed by atoms with Gasteiger partial charge >= 0.3 is 82.9 Å². The van der Waals surface area contributed by atoms with E-state index in [0.717, 1.165) is 74.4 Å². The fraction of sp³-hybridized carbons (Fsp3) is 0.660. The second-order valence-electron chi connectivity index (χ2n) is 42.0. The number of hydrogen-bond donors (Lipinski definition) is 1. The van der Waals surface area contributed by atoms with Crippen molar-refractivity contribution in [2.75, 3.05) is 106 Å². The lowest BCUT2D eigenvalue weighted by Crippen LogP contribution is -2.51. The summed E-state index contributed by atoms with van der Waals surface area (Å²) in [4.78, 5) is 188. The van der Waals surface area contributed by atoms with E-state index in [2.05, 4.69) is 62.2 Å². The van der Waals surface area contributed by atoms with Gasteiger partial charge in [-0.2, -0.15) is 69.5 Å². The molecule has 37 nitrogen and oxygen atoms in total. The fourth-order valence-corrected chi connectivity index (χ4v) is 16.2. The Kier molecular flexibility index (Phi) is 55.8. The summed E-state index contributed by atoms with van der Waals surface area (Å²) in [6, 6.07) is 24.4. The third-order valence-electron chi connectivity index (χ3n) is 23.7. The van der Waals surface area contributed by atoms with Gasteiger partial charge in [0.1, 0.15) is 68.2 Å². The average Bonchev–Trinajstić information content (AvgIpc) is 0.785. The molecule has 6 aliphatic heterocycles. The molecule has 0 spiro atoms. The molecule has 3 aromatic carbocycles. The molecule has 810 valence electrons. The highest BCUT2D eigenvalue weighted by molar-refractivity contribution is 7.87. The predicted molar refractivity (Wildman–Crippen MR) is 520 cm³/mol. The molecule has 9 rings (SSSR count). The molecule has 0 saturated carbocycles. The zero-order valence-electron chi connectivity index (χ0n) is 89.8. The maximum atomic E-state index is 12.5. The molecule has 4 saturated heterocycles. The summed E-state index contributed by atoms with van der Waals surface area (Å²) < 4.78 is 112. The lowest BCUT2D eigenvalue weighted by molar-refractivity contribution is -0.193.